The summed E-state index contributed by atoms with van der Waals surface area (Å²) < 4.78 is 5.53. The van der Waals surface area contributed by atoms with Crippen LogP contribution < -0.4 is 4.74 Å². The smallest absolute Gasteiger partial charge is 0.122 e. The molecule has 0 aliphatic carbocycles. The van der Waals surface area contributed by atoms with Gasteiger partial charge in [0.15, 0.2) is 0 Å². The van der Waals surface area contributed by atoms with E-state index < -0.39 is 0 Å². The number of rotatable bonds is 3. The summed E-state index contributed by atoms with van der Waals surface area (Å²) in [6.07, 6.45) is 4.49. The summed E-state index contributed by atoms with van der Waals surface area (Å²) >= 11 is 6.12. The third-order valence-corrected chi connectivity index (χ3v) is 4.42. The molecule has 98 valence electrons. The van der Waals surface area contributed by atoms with Crippen LogP contribution in [0.2, 0.25) is 0 Å². The Balaban J connectivity index is 1.54. The van der Waals surface area contributed by atoms with Gasteiger partial charge in [0, 0.05) is 18.3 Å². The molecule has 2 nitrogen and oxygen atoms in total. The van der Waals surface area contributed by atoms with E-state index in [-0.39, 0.29) is 0 Å². The van der Waals surface area contributed by atoms with Crippen LogP contribution in [0, 0.1) is 0 Å². The molecule has 2 aliphatic heterocycles. The minimum absolute atomic E-state index is 0.401. The highest BCUT2D eigenvalue weighted by Crippen LogP contribution is 2.26. The van der Waals surface area contributed by atoms with Gasteiger partial charge in [-0.3, -0.25) is 0 Å². The third-order valence-electron chi connectivity index (χ3n) is 3.99. The maximum Gasteiger partial charge on any atom is 0.122 e. The van der Waals surface area contributed by atoms with Gasteiger partial charge >= 0.3 is 0 Å². The number of fused-ring (bicyclic) bond motifs is 1. The Morgan fingerprint density at radius 1 is 1.28 bits per heavy atom. The summed E-state index contributed by atoms with van der Waals surface area (Å²) in [5.41, 5.74) is 2.82. The molecule has 2 aliphatic rings. The van der Waals surface area contributed by atoms with E-state index in [0.29, 0.717) is 5.38 Å². The molecule has 0 unspecified atom stereocenters. The average molecular weight is 266 g/mol. The maximum atomic E-state index is 6.12. The Morgan fingerprint density at radius 2 is 2.11 bits per heavy atom. The van der Waals surface area contributed by atoms with Gasteiger partial charge in [-0.15, -0.1) is 11.6 Å². The highest BCUT2D eigenvalue weighted by atomic mass is 35.5. The molecule has 0 atom stereocenters. The number of ether oxygens (including phenoxy) is 1. The van der Waals surface area contributed by atoms with E-state index in [4.69, 9.17) is 16.3 Å². The lowest BCUT2D eigenvalue weighted by Crippen LogP contribution is -2.35. The van der Waals surface area contributed by atoms with E-state index in [0.717, 1.165) is 57.7 Å². The van der Waals surface area contributed by atoms with Gasteiger partial charge in [0.1, 0.15) is 5.75 Å². The van der Waals surface area contributed by atoms with Crippen molar-refractivity contribution in [1.29, 1.82) is 0 Å². The Kier molecular flexibility index (Phi) is 3.76. The highest BCUT2D eigenvalue weighted by molar-refractivity contribution is 6.20. The average Bonchev–Trinajstić information content (AvgIpc) is 2.85. The van der Waals surface area contributed by atoms with Gasteiger partial charge in [-0.1, -0.05) is 12.1 Å². The number of nitrogens with zero attached hydrogens (tertiary/aromatic N) is 1. The zero-order chi connectivity index (χ0) is 12.4. The van der Waals surface area contributed by atoms with Gasteiger partial charge < -0.3 is 9.64 Å². The van der Waals surface area contributed by atoms with Crippen LogP contribution >= 0.6 is 11.6 Å². The molecule has 18 heavy (non-hydrogen) atoms. The van der Waals surface area contributed by atoms with Crippen LogP contribution in [-0.2, 0) is 12.8 Å². The molecule has 3 rings (SSSR count). The molecule has 1 aromatic carbocycles. The summed E-state index contributed by atoms with van der Waals surface area (Å²) in [6.45, 7) is 4.32. The van der Waals surface area contributed by atoms with Gasteiger partial charge in [0.2, 0.25) is 0 Å². The van der Waals surface area contributed by atoms with Crippen molar-refractivity contribution < 1.29 is 4.74 Å². The molecule has 0 saturated carbocycles. The normalized spacial score (nSPS) is 20.7. The summed E-state index contributed by atoms with van der Waals surface area (Å²) in [5, 5.41) is 0.401. The lowest BCUT2D eigenvalue weighted by Gasteiger charge is -2.29. The summed E-state index contributed by atoms with van der Waals surface area (Å²) in [7, 11) is 0. The minimum atomic E-state index is 0.401. The largest absolute Gasteiger partial charge is 0.493 e. The second kappa shape index (κ2) is 5.50. The van der Waals surface area contributed by atoms with Crippen molar-refractivity contribution in [3.8, 4) is 5.75 Å². The Labute approximate surface area is 114 Å². The quantitative estimate of drug-likeness (QED) is 0.780. The van der Waals surface area contributed by atoms with E-state index >= 15 is 0 Å². The number of piperidine rings is 1. The van der Waals surface area contributed by atoms with Crippen LogP contribution in [-0.4, -0.2) is 36.5 Å². The van der Waals surface area contributed by atoms with Gasteiger partial charge in [-0.2, -0.15) is 0 Å². The molecule has 0 spiro atoms. The SMILES string of the molecule is ClC1CCN(CCc2ccc3c(c2)CCO3)CC1. The minimum Gasteiger partial charge on any atom is -0.493 e. The summed E-state index contributed by atoms with van der Waals surface area (Å²) in [6, 6.07) is 6.65. The van der Waals surface area contributed by atoms with Crippen LogP contribution in [0.25, 0.3) is 0 Å². The summed E-state index contributed by atoms with van der Waals surface area (Å²) in [5.74, 6) is 1.08. The molecule has 0 bridgehead atoms. The number of benzene rings is 1. The lowest BCUT2D eigenvalue weighted by atomic mass is 10.0. The first-order valence-corrected chi connectivity index (χ1v) is 7.36. The molecule has 3 heteroatoms. The topological polar surface area (TPSA) is 12.5 Å². The molecular weight excluding hydrogens is 246 g/mol. The number of hydrogen-bond acceptors (Lipinski definition) is 2. The van der Waals surface area contributed by atoms with Crippen LogP contribution in [0.4, 0.5) is 0 Å². The Morgan fingerprint density at radius 3 is 2.94 bits per heavy atom. The van der Waals surface area contributed by atoms with Crippen molar-refractivity contribution in [3.63, 3.8) is 0 Å². The standard InChI is InChI=1S/C15H20ClNO/c16-14-4-8-17(9-5-14)7-3-12-1-2-15-13(11-12)6-10-18-15/h1-2,11,14H,3-10H2. The monoisotopic (exact) mass is 265 g/mol. The fourth-order valence-electron chi connectivity index (χ4n) is 2.81. The predicted molar refractivity (Wildman–Crippen MR) is 74.7 cm³/mol. The van der Waals surface area contributed by atoms with Gasteiger partial charge in [-0.05, 0) is 49.5 Å². The number of alkyl halides is 1. The van der Waals surface area contributed by atoms with Crippen molar-refractivity contribution in [1.82, 2.24) is 4.90 Å². The molecule has 0 amide bonds. The van der Waals surface area contributed by atoms with Crippen LogP contribution in [0.5, 0.6) is 5.75 Å². The first-order valence-electron chi connectivity index (χ1n) is 6.92. The highest BCUT2D eigenvalue weighted by Gasteiger charge is 2.17. The number of halogens is 1. The van der Waals surface area contributed by atoms with E-state index in [1.54, 1.807) is 0 Å². The van der Waals surface area contributed by atoms with Crippen molar-refractivity contribution in [3.05, 3.63) is 29.3 Å². The zero-order valence-corrected chi connectivity index (χ0v) is 11.5. The Bertz CT molecular complexity index is 413. The molecule has 1 fully saturated rings. The molecule has 1 aromatic rings. The number of hydrogen-bond donors (Lipinski definition) is 0. The molecule has 0 radical (unpaired) electrons. The van der Waals surface area contributed by atoms with E-state index in [1.807, 2.05) is 0 Å². The Hall–Kier alpha value is -0.730. The van der Waals surface area contributed by atoms with Crippen molar-refractivity contribution in [2.75, 3.05) is 26.2 Å². The van der Waals surface area contributed by atoms with Crippen molar-refractivity contribution >= 4 is 11.6 Å². The van der Waals surface area contributed by atoms with Crippen LogP contribution in [0.3, 0.4) is 0 Å². The second-order valence-corrected chi connectivity index (χ2v) is 5.92. The molecule has 2 heterocycles. The van der Waals surface area contributed by atoms with Crippen LogP contribution in [0.1, 0.15) is 24.0 Å². The molecular formula is C15H20ClNO. The first kappa shape index (κ1) is 12.3. The lowest BCUT2D eigenvalue weighted by molar-refractivity contribution is 0.234. The molecule has 0 aromatic heterocycles. The van der Waals surface area contributed by atoms with Crippen LogP contribution in [0.15, 0.2) is 18.2 Å². The zero-order valence-electron chi connectivity index (χ0n) is 10.7. The van der Waals surface area contributed by atoms with Crippen molar-refractivity contribution in [2.24, 2.45) is 0 Å². The van der Waals surface area contributed by atoms with E-state index in [9.17, 15) is 0 Å². The molecule has 1 saturated heterocycles. The van der Waals surface area contributed by atoms with Crippen molar-refractivity contribution in [2.45, 2.75) is 31.1 Å². The number of likely N-dealkylation sites (tertiary alicyclic amines) is 1. The fraction of sp³-hybridized carbons (Fsp3) is 0.600. The van der Waals surface area contributed by atoms with Gasteiger partial charge in [-0.25, -0.2) is 0 Å². The fourth-order valence-corrected chi connectivity index (χ4v) is 3.00. The second-order valence-electron chi connectivity index (χ2n) is 5.31. The maximum absolute atomic E-state index is 6.12. The summed E-state index contributed by atoms with van der Waals surface area (Å²) in [4.78, 5) is 2.53. The third kappa shape index (κ3) is 2.81. The first-order chi connectivity index (χ1) is 8.81. The van der Waals surface area contributed by atoms with Gasteiger partial charge in [0.05, 0.1) is 6.61 Å². The van der Waals surface area contributed by atoms with E-state index in [1.165, 1.54) is 11.1 Å². The van der Waals surface area contributed by atoms with E-state index in [2.05, 4.69) is 23.1 Å². The predicted octanol–water partition coefficient (Wildman–Crippen LogP) is 2.87. The van der Waals surface area contributed by atoms with Gasteiger partial charge in [0.25, 0.3) is 0 Å². The molecule has 0 N–H and O–H groups in total.